The summed E-state index contributed by atoms with van der Waals surface area (Å²) in [5.74, 6) is 0.273. The van der Waals surface area contributed by atoms with Gasteiger partial charge in [0, 0.05) is 17.5 Å². The number of rotatable bonds is 8. The molecule has 162 valence electrons. The number of hydrogen-bond acceptors (Lipinski definition) is 6. The fourth-order valence-corrected chi connectivity index (χ4v) is 3.13. The third-order valence-corrected chi connectivity index (χ3v) is 4.79. The van der Waals surface area contributed by atoms with E-state index >= 15 is 0 Å². The van der Waals surface area contributed by atoms with Crippen LogP contribution in [0.5, 0.6) is 11.5 Å². The Kier molecular flexibility index (Phi) is 6.92. The zero-order valence-electron chi connectivity index (χ0n) is 17.9. The van der Waals surface area contributed by atoms with Gasteiger partial charge in [0.15, 0.2) is 6.61 Å². The minimum absolute atomic E-state index is 0.351. The maximum Gasteiger partial charge on any atom is 0.338 e. The summed E-state index contributed by atoms with van der Waals surface area (Å²) in [7, 11) is 3.12. The van der Waals surface area contributed by atoms with Crippen molar-refractivity contribution >= 4 is 11.9 Å². The number of hydrogen-bond donors (Lipinski definition) is 1. The highest BCUT2D eigenvalue weighted by atomic mass is 16.5. The van der Waals surface area contributed by atoms with E-state index in [1.165, 1.54) is 0 Å². The average molecular weight is 423 g/mol. The predicted molar refractivity (Wildman–Crippen MR) is 115 cm³/mol. The van der Waals surface area contributed by atoms with Gasteiger partial charge in [0.05, 0.1) is 31.5 Å². The molecule has 0 saturated heterocycles. The van der Waals surface area contributed by atoms with Crippen LogP contribution in [0.3, 0.4) is 0 Å². The van der Waals surface area contributed by atoms with Crippen molar-refractivity contribution in [2.75, 3.05) is 20.8 Å². The van der Waals surface area contributed by atoms with E-state index in [2.05, 4.69) is 10.4 Å². The van der Waals surface area contributed by atoms with E-state index < -0.39 is 18.5 Å². The molecule has 3 aromatic rings. The number of carbonyl (C=O) groups is 2. The first-order valence-electron chi connectivity index (χ1n) is 9.72. The smallest absolute Gasteiger partial charge is 0.338 e. The average Bonchev–Trinajstić information content (AvgIpc) is 3.22. The Morgan fingerprint density at radius 2 is 1.81 bits per heavy atom. The molecule has 2 aromatic carbocycles. The molecular formula is C23H25N3O5. The second-order valence-corrected chi connectivity index (χ2v) is 6.90. The summed E-state index contributed by atoms with van der Waals surface area (Å²) in [4.78, 5) is 24.6. The Morgan fingerprint density at radius 3 is 2.42 bits per heavy atom. The first-order chi connectivity index (χ1) is 14.9. The van der Waals surface area contributed by atoms with Crippen molar-refractivity contribution < 1.29 is 23.8 Å². The van der Waals surface area contributed by atoms with Gasteiger partial charge >= 0.3 is 5.97 Å². The number of ether oxygens (including phenoxy) is 3. The van der Waals surface area contributed by atoms with Gasteiger partial charge in [0.25, 0.3) is 5.91 Å². The quantitative estimate of drug-likeness (QED) is 0.560. The number of methoxy groups -OCH3 is 2. The van der Waals surface area contributed by atoms with Crippen LogP contribution in [0.15, 0.2) is 54.7 Å². The molecule has 0 aliphatic heterocycles. The number of aryl methyl sites for hydroxylation is 1. The Morgan fingerprint density at radius 1 is 1.06 bits per heavy atom. The number of carbonyl (C=O) groups excluding carboxylic acids is 2. The number of amides is 1. The Labute approximate surface area is 180 Å². The Bertz CT molecular complexity index is 1060. The van der Waals surface area contributed by atoms with Crippen LogP contribution in [-0.2, 0) is 9.53 Å². The summed E-state index contributed by atoms with van der Waals surface area (Å²) in [6, 6.07) is 13.7. The van der Waals surface area contributed by atoms with E-state index in [0.717, 1.165) is 16.9 Å². The van der Waals surface area contributed by atoms with E-state index in [9.17, 15) is 9.59 Å². The molecule has 0 aliphatic carbocycles. The summed E-state index contributed by atoms with van der Waals surface area (Å²) in [6.45, 7) is 3.36. The summed E-state index contributed by atoms with van der Waals surface area (Å²) < 4.78 is 17.5. The molecule has 0 aliphatic rings. The van der Waals surface area contributed by atoms with Crippen molar-refractivity contribution in [1.29, 1.82) is 0 Å². The number of nitrogens with one attached hydrogen (secondary N) is 1. The van der Waals surface area contributed by atoms with Crippen molar-refractivity contribution in [1.82, 2.24) is 15.1 Å². The highest BCUT2D eigenvalue weighted by Crippen LogP contribution is 2.29. The molecule has 3 rings (SSSR count). The summed E-state index contributed by atoms with van der Waals surface area (Å²) in [6.07, 6.45) is 1.71. The van der Waals surface area contributed by atoms with Gasteiger partial charge < -0.3 is 19.5 Å². The number of nitrogens with zero attached hydrogens (tertiary/aromatic N) is 2. The molecule has 1 atom stereocenters. The molecule has 0 saturated carbocycles. The van der Waals surface area contributed by atoms with E-state index in [0.29, 0.717) is 17.1 Å². The molecule has 1 aromatic heterocycles. The molecule has 8 nitrogen and oxygen atoms in total. The highest BCUT2D eigenvalue weighted by molar-refractivity contribution is 5.91. The normalized spacial score (nSPS) is 11.5. The lowest BCUT2D eigenvalue weighted by Crippen LogP contribution is -2.31. The molecule has 31 heavy (non-hydrogen) atoms. The van der Waals surface area contributed by atoms with Gasteiger partial charge in [-0.05, 0) is 62.4 Å². The van der Waals surface area contributed by atoms with Crippen molar-refractivity contribution in [3.05, 3.63) is 71.5 Å². The number of aromatic nitrogens is 2. The Hall–Kier alpha value is -3.81. The lowest BCUT2D eigenvalue weighted by Gasteiger charge is -2.18. The first kappa shape index (κ1) is 21.9. The molecule has 0 fully saturated rings. The van der Waals surface area contributed by atoms with E-state index in [-0.39, 0.29) is 6.04 Å². The lowest BCUT2D eigenvalue weighted by molar-refractivity contribution is -0.124. The molecule has 1 N–H and O–H groups in total. The molecule has 1 amide bonds. The zero-order chi connectivity index (χ0) is 22.4. The van der Waals surface area contributed by atoms with E-state index in [1.807, 2.05) is 19.9 Å². The van der Waals surface area contributed by atoms with Crippen LogP contribution < -0.4 is 14.8 Å². The molecule has 0 radical (unpaired) electrons. The SMILES string of the molecule is COc1ccc(OC)c([C@@H](C)NC(=O)COC(=O)c2ccc(-n3nccc3C)cc2)c1. The summed E-state index contributed by atoms with van der Waals surface area (Å²) >= 11 is 0. The van der Waals surface area contributed by atoms with Gasteiger partial charge in [-0.1, -0.05) is 0 Å². The highest BCUT2D eigenvalue weighted by Gasteiger charge is 2.17. The van der Waals surface area contributed by atoms with Crippen LogP contribution in [0, 0.1) is 6.92 Å². The third-order valence-electron chi connectivity index (χ3n) is 4.79. The largest absolute Gasteiger partial charge is 0.497 e. The molecule has 1 heterocycles. The topological polar surface area (TPSA) is 91.7 Å². The maximum absolute atomic E-state index is 12.3. The Balaban J connectivity index is 1.57. The lowest BCUT2D eigenvalue weighted by atomic mass is 10.1. The number of benzene rings is 2. The monoisotopic (exact) mass is 423 g/mol. The minimum Gasteiger partial charge on any atom is -0.497 e. The molecule has 0 unspecified atom stereocenters. The minimum atomic E-state index is -0.578. The van der Waals surface area contributed by atoms with Crippen LogP contribution in [-0.4, -0.2) is 42.5 Å². The molecular weight excluding hydrogens is 398 g/mol. The van der Waals surface area contributed by atoms with Gasteiger partial charge in [0.2, 0.25) is 0 Å². The van der Waals surface area contributed by atoms with Crippen LogP contribution in [0.25, 0.3) is 5.69 Å². The van der Waals surface area contributed by atoms with Crippen molar-refractivity contribution in [3.63, 3.8) is 0 Å². The molecule has 0 bridgehead atoms. The number of esters is 1. The molecule has 8 heteroatoms. The van der Waals surface area contributed by atoms with Gasteiger partial charge in [0.1, 0.15) is 11.5 Å². The van der Waals surface area contributed by atoms with Gasteiger partial charge in [-0.3, -0.25) is 4.79 Å². The summed E-state index contributed by atoms with van der Waals surface area (Å²) in [5, 5.41) is 7.03. The van der Waals surface area contributed by atoms with Crippen molar-refractivity contribution in [3.8, 4) is 17.2 Å². The molecule has 0 spiro atoms. The maximum atomic E-state index is 12.3. The standard InChI is InChI=1S/C23H25N3O5/c1-15-11-12-24-26(15)18-7-5-17(6-8-18)23(28)31-14-22(27)25-16(2)20-13-19(29-3)9-10-21(20)30-4/h5-13,16H,14H2,1-4H3,(H,25,27)/t16-/m1/s1. The first-order valence-corrected chi connectivity index (χ1v) is 9.72. The van der Waals surface area contributed by atoms with Gasteiger partial charge in [-0.2, -0.15) is 5.10 Å². The summed E-state index contributed by atoms with van der Waals surface area (Å²) in [5.41, 5.74) is 2.92. The van der Waals surface area contributed by atoms with Gasteiger partial charge in [-0.25, -0.2) is 9.48 Å². The fourth-order valence-electron chi connectivity index (χ4n) is 3.13. The van der Waals surface area contributed by atoms with Crippen LogP contribution in [0.2, 0.25) is 0 Å². The van der Waals surface area contributed by atoms with E-state index in [4.69, 9.17) is 14.2 Å². The van der Waals surface area contributed by atoms with Crippen molar-refractivity contribution in [2.24, 2.45) is 0 Å². The van der Waals surface area contributed by atoms with Gasteiger partial charge in [-0.15, -0.1) is 0 Å². The second-order valence-electron chi connectivity index (χ2n) is 6.90. The van der Waals surface area contributed by atoms with Crippen LogP contribution >= 0.6 is 0 Å². The fraction of sp³-hybridized carbons (Fsp3) is 0.261. The van der Waals surface area contributed by atoms with Crippen LogP contribution in [0.1, 0.15) is 34.6 Å². The predicted octanol–water partition coefficient (Wildman–Crippen LogP) is 3.23. The second kappa shape index (κ2) is 9.80. The van der Waals surface area contributed by atoms with Crippen LogP contribution in [0.4, 0.5) is 0 Å². The van der Waals surface area contributed by atoms with E-state index in [1.54, 1.807) is 67.6 Å². The van der Waals surface area contributed by atoms with Crippen molar-refractivity contribution in [2.45, 2.75) is 19.9 Å². The third kappa shape index (κ3) is 5.22. The zero-order valence-corrected chi connectivity index (χ0v) is 17.9.